The fraction of sp³-hybridized carbons (Fsp3) is 0.704. The normalized spacial score (nSPS) is 11.5. The van der Waals surface area contributed by atoms with Crippen molar-refractivity contribution in [3.8, 4) is 5.75 Å². The molecule has 0 aliphatic rings. The molecule has 1 atom stereocenters. The summed E-state index contributed by atoms with van der Waals surface area (Å²) in [6, 6.07) is 5.59. The molecule has 0 spiro atoms. The Labute approximate surface area is 223 Å². The van der Waals surface area contributed by atoms with Crippen molar-refractivity contribution in [1.29, 1.82) is 0 Å². The summed E-state index contributed by atoms with van der Waals surface area (Å²) < 4.78 is 5.11. The third kappa shape index (κ3) is 17.1. The Hall–Kier alpha value is -1.04. The van der Waals surface area contributed by atoms with E-state index in [-0.39, 0.29) is 47.8 Å². The van der Waals surface area contributed by atoms with Crippen molar-refractivity contribution in [3.05, 3.63) is 29.8 Å². The number of ether oxygens (including phenoxy) is 1. The first-order valence-electron chi connectivity index (χ1n) is 12.8. The van der Waals surface area contributed by atoms with Gasteiger partial charge in [-0.1, -0.05) is 108 Å². The van der Waals surface area contributed by atoms with E-state index >= 15 is 0 Å². The topological polar surface area (TPSA) is 78.5 Å². The molecule has 1 N–H and O–H groups in total. The molecular weight excluding hydrogens is 425 g/mol. The molecule has 0 saturated heterocycles. The molecule has 0 aliphatic carbocycles. The Morgan fingerprint density at radius 1 is 0.818 bits per heavy atom. The summed E-state index contributed by atoms with van der Waals surface area (Å²) in [6.45, 7) is 4.27. The van der Waals surface area contributed by atoms with Gasteiger partial charge in [0.25, 0.3) is 0 Å². The van der Waals surface area contributed by atoms with E-state index in [2.05, 4.69) is 12.2 Å². The van der Waals surface area contributed by atoms with Crippen LogP contribution >= 0.6 is 0 Å². The van der Waals surface area contributed by atoms with E-state index in [1.807, 2.05) is 0 Å². The standard InChI is InChI=1S/C27H45NO4.Na/c1-3-5-6-7-8-9-10-11-12-13-14-15-16-17-26(30)28-25(27(31)32-4-2)22-23-18-20-24(29)21-19-23;/h18-21,25,29H,3-17,22H2,1-2H3,(H,28,30);/q;+1/p-1. The zero-order valence-corrected chi connectivity index (χ0v) is 23.3. The molecule has 0 heterocycles. The second-order valence-corrected chi connectivity index (χ2v) is 8.71. The van der Waals surface area contributed by atoms with Crippen LogP contribution < -0.4 is 40.0 Å². The number of esters is 1. The van der Waals surface area contributed by atoms with Gasteiger partial charge in [0, 0.05) is 12.8 Å². The number of carbonyl (C=O) groups excluding carboxylic acids is 2. The minimum atomic E-state index is -0.720. The fourth-order valence-electron chi connectivity index (χ4n) is 3.87. The second kappa shape index (κ2) is 21.5. The van der Waals surface area contributed by atoms with Crippen LogP contribution in [0.3, 0.4) is 0 Å². The van der Waals surface area contributed by atoms with Crippen LogP contribution in [0.4, 0.5) is 0 Å². The van der Waals surface area contributed by atoms with Gasteiger partial charge in [-0.3, -0.25) is 4.79 Å². The molecule has 5 nitrogen and oxygen atoms in total. The molecule has 6 heteroatoms. The van der Waals surface area contributed by atoms with Gasteiger partial charge in [0.05, 0.1) is 6.61 Å². The van der Waals surface area contributed by atoms with E-state index in [1.54, 1.807) is 19.1 Å². The predicted molar refractivity (Wildman–Crippen MR) is 128 cm³/mol. The van der Waals surface area contributed by atoms with Crippen LogP contribution in [-0.2, 0) is 20.7 Å². The number of hydrogen-bond acceptors (Lipinski definition) is 4. The molecule has 0 bridgehead atoms. The molecule has 1 amide bonds. The molecule has 0 aromatic heterocycles. The van der Waals surface area contributed by atoms with Crippen molar-refractivity contribution >= 4 is 11.9 Å². The van der Waals surface area contributed by atoms with Crippen molar-refractivity contribution in [2.45, 2.75) is 116 Å². The van der Waals surface area contributed by atoms with Gasteiger partial charge in [-0.05, 0) is 18.9 Å². The Morgan fingerprint density at radius 2 is 1.30 bits per heavy atom. The Kier molecular flexibility index (Phi) is 20.8. The van der Waals surface area contributed by atoms with Crippen LogP contribution in [0.1, 0.15) is 109 Å². The molecular formula is C27H44NNaO4. The van der Waals surface area contributed by atoms with Gasteiger partial charge < -0.3 is 15.2 Å². The smallest absolute Gasteiger partial charge is 0.872 e. The third-order valence-electron chi connectivity index (χ3n) is 5.78. The molecule has 33 heavy (non-hydrogen) atoms. The summed E-state index contributed by atoms with van der Waals surface area (Å²) >= 11 is 0. The van der Waals surface area contributed by atoms with E-state index in [0.29, 0.717) is 12.8 Å². The molecule has 1 rings (SSSR count). The van der Waals surface area contributed by atoms with Gasteiger partial charge in [-0.2, -0.15) is 0 Å². The summed E-state index contributed by atoms with van der Waals surface area (Å²) in [5.41, 5.74) is 0.823. The van der Waals surface area contributed by atoms with E-state index in [0.717, 1.165) is 24.8 Å². The number of carbonyl (C=O) groups is 2. The minimum absolute atomic E-state index is 0. The van der Waals surface area contributed by atoms with Crippen molar-refractivity contribution in [1.82, 2.24) is 5.32 Å². The van der Waals surface area contributed by atoms with E-state index in [4.69, 9.17) is 4.74 Å². The average molecular weight is 470 g/mol. The van der Waals surface area contributed by atoms with Crippen LogP contribution in [0.25, 0.3) is 0 Å². The van der Waals surface area contributed by atoms with Crippen molar-refractivity contribution < 1.29 is 49.0 Å². The van der Waals surface area contributed by atoms with Crippen LogP contribution in [0.5, 0.6) is 5.75 Å². The first-order valence-corrected chi connectivity index (χ1v) is 12.8. The summed E-state index contributed by atoms with van der Waals surface area (Å²) in [6.07, 6.45) is 17.2. The predicted octanol–water partition coefficient (Wildman–Crippen LogP) is 2.84. The van der Waals surface area contributed by atoms with Gasteiger partial charge in [0.2, 0.25) is 5.91 Å². The van der Waals surface area contributed by atoms with Crippen LogP contribution in [-0.4, -0.2) is 24.5 Å². The molecule has 1 aromatic rings. The fourth-order valence-corrected chi connectivity index (χ4v) is 3.87. The van der Waals surface area contributed by atoms with E-state index in [1.165, 1.54) is 76.3 Å². The Balaban J connectivity index is 0.0000102. The number of amides is 1. The van der Waals surface area contributed by atoms with E-state index in [9.17, 15) is 14.7 Å². The van der Waals surface area contributed by atoms with Crippen molar-refractivity contribution in [3.63, 3.8) is 0 Å². The summed E-state index contributed by atoms with van der Waals surface area (Å²) in [5.74, 6) is -0.628. The minimum Gasteiger partial charge on any atom is -0.872 e. The molecule has 0 fully saturated rings. The molecule has 0 aliphatic heterocycles. The van der Waals surface area contributed by atoms with Gasteiger partial charge in [-0.25, -0.2) is 4.79 Å². The maximum atomic E-state index is 12.3. The number of nitrogens with one attached hydrogen (secondary N) is 1. The molecule has 0 radical (unpaired) electrons. The van der Waals surface area contributed by atoms with E-state index < -0.39 is 12.0 Å². The van der Waals surface area contributed by atoms with Crippen LogP contribution in [0, 0.1) is 0 Å². The van der Waals surface area contributed by atoms with Crippen molar-refractivity contribution in [2.24, 2.45) is 0 Å². The summed E-state index contributed by atoms with van der Waals surface area (Å²) in [7, 11) is 0. The average Bonchev–Trinajstić information content (AvgIpc) is 2.78. The Bertz CT molecular complexity index is 621. The molecule has 1 unspecified atom stereocenters. The number of unbranched alkanes of at least 4 members (excludes halogenated alkanes) is 12. The molecule has 1 aromatic carbocycles. The second-order valence-electron chi connectivity index (χ2n) is 8.71. The SMILES string of the molecule is CCCCCCCCCCCCCCCC(=O)NC(Cc1ccc([O-])cc1)C(=O)OCC.[Na+]. The summed E-state index contributed by atoms with van der Waals surface area (Å²) in [4.78, 5) is 24.6. The molecule has 0 saturated carbocycles. The summed E-state index contributed by atoms with van der Waals surface area (Å²) in [5, 5.41) is 14.1. The zero-order chi connectivity index (χ0) is 23.4. The third-order valence-corrected chi connectivity index (χ3v) is 5.78. The van der Waals surface area contributed by atoms with Gasteiger partial charge >= 0.3 is 35.5 Å². The first-order chi connectivity index (χ1) is 15.6. The monoisotopic (exact) mass is 469 g/mol. The van der Waals surface area contributed by atoms with Gasteiger partial charge in [0.1, 0.15) is 6.04 Å². The number of rotatable bonds is 19. The first kappa shape index (κ1) is 32.0. The number of benzene rings is 1. The quantitative estimate of drug-likeness (QED) is 0.192. The maximum Gasteiger partial charge on any atom is 1.00 e. The zero-order valence-electron chi connectivity index (χ0n) is 21.3. The Morgan fingerprint density at radius 3 is 1.79 bits per heavy atom. The van der Waals surface area contributed by atoms with Crippen LogP contribution in [0.15, 0.2) is 24.3 Å². The maximum absolute atomic E-state index is 12.3. The van der Waals surface area contributed by atoms with Crippen molar-refractivity contribution in [2.75, 3.05) is 6.61 Å². The van der Waals surface area contributed by atoms with Crippen LogP contribution in [0.2, 0.25) is 0 Å². The largest absolute Gasteiger partial charge is 1.00 e. The van der Waals surface area contributed by atoms with Gasteiger partial charge in [-0.15, -0.1) is 5.75 Å². The number of hydrogen-bond donors (Lipinski definition) is 1. The van der Waals surface area contributed by atoms with Gasteiger partial charge in [0.15, 0.2) is 0 Å². The molecule has 182 valence electrons.